The van der Waals surface area contributed by atoms with E-state index in [1.165, 1.54) is 12.1 Å². The molecule has 0 bridgehead atoms. The number of benzene rings is 1. The lowest BCUT2D eigenvalue weighted by atomic mass is 10.2. The Balaban J connectivity index is 2.13. The number of rotatable bonds is 6. The second-order valence-corrected chi connectivity index (χ2v) is 3.27. The molecule has 0 aromatic heterocycles. The number of ether oxygens (including phenoxy) is 1. The van der Waals surface area contributed by atoms with Crippen LogP contribution in [-0.4, -0.2) is 6.61 Å². The molecule has 1 aromatic rings. The van der Waals surface area contributed by atoms with Gasteiger partial charge in [0.1, 0.15) is 11.6 Å². The van der Waals surface area contributed by atoms with Crippen molar-refractivity contribution < 1.29 is 9.13 Å². The summed E-state index contributed by atoms with van der Waals surface area (Å²) in [5.41, 5.74) is 0. The minimum Gasteiger partial charge on any atom is -0.493 e. The number of nitriles is 1. The fraction of sp³-hybridized carbons (Fsp3) is 0.417. The minimum atomic E-state index is -0.281. The van der Waals surface area contributed by atoms with E-state index in [-0.39, 0.29) is 5.82 Å². The second kappa shape index (κ2) is 6.83. The van der Waals surface area contributed by atoms with Crippen LogP contribution in [0.2, 0.25) is 0 Å². The molecule has 0 atom stereocenters. The van der Waals surface area contributed by atoms with Crippen molar-refractivity contribution in [3.63, 3.8) is 0 Å². The molecule has 2 nitrogen and oxygen atoms in total. The van der Waals surface area contributed by atoms with Crippen molar-refractivity contribution in [2.24, 2.45) is 0 Å². The van der Waals surface area contributed by atoms with Crippen LogP contribution in [0.1, 0.15) is 25.7 Å². The van der Waals surface area contributed by atoms with Gasteiger partial charge >= 0.3 is 0 Å². The Morgan fingerprint density at radius 1 is 1.27 bits per heavy atom. The van der Waals surface area contributed by atoms with Crippen LogP contribution in [0, 0.1) is 17.1 Å². The summed E-state index contributed by atoms with van der Waals surface area (Å²) in [5.74, 6) is 0.285. The van der Waals surface area contributed by atoms with Crippen LogP contribution in [0.25, 0.3) is 0 Å². The molecule has 0 radical (unpaired) electrons. The highest BCUT2D eigenvalue weighted by Gasteiger charge is 1.95. The van der Waals surface area contributed by atoms with E-state index in [0.717, 1.165) is 19.3 Å². The predicted octanol–water partition coefficient (Wildman–Crippen LogP) is 3.29. The van der Waals surface area contributed by atoms with Crippen molar-refractivity contribution in [2.75, 3.05) is 6.61 Å². The van der Waals surface area contributed by atoms with Crippen LogP contribution in [0.5, 0.6) is 5.75 Å². The van der Waals surface area contributed by atoms with Crippen molar-refractivity contribution in [1.82, 2.24) is 0 Å². The smallest absolute Gasteiger partial charge is 0.126 e. The van der Waals surface area contributed by atoms with E-state index in [9.17, 15) is 4.39 Å². The summed E-state index contributed by atoms with van der Waals surface area (Å²) in [5, 5.41) is 8.31. The molecule has 0 aliphatic carbocycles. The minimum absolute atomic E-state index is 0.281. The monoisotopic (exact) mass is 207 g/mol. The van der Waals surface area contributed by atoms with Crippen molar-refractivity contribution in [3.8, 4) is 11.8 Å². The van der Waals surface area contributed by atoms with Gasteiger partial charge in [-0.3, -0.25) is 0 Å². The lowest BCUT2D eigenvalue weighted by molar-refractivity contribution is 0.304. The zero-order valence-electron chi connectivity index (χ0n) is 8.58. The van der Waals surface area contributed by atoms with Gasteiger partial charge in [-0.1, -0.05) is 6.07 Å². The standard InChI is InChI=1S/C12H14FNO/c13-11-6-5-7-12(10-11)15-9-4-2-1-3-8-14/h5-7,10H,1-4,9H2. The van der Waals surface area contributed by atoms with Gasteiger partial charge in [-0.2, -0.15) is 5.26 Å². The lowest BCUT2D eigenvalue weighted by Crippen LogP contribution is -1.97. The lowest BCUT2D eigenvalue weighted by Gasteiger charge is -2.05. The van der Waals surface area contributed by atoms with Crippen molar-refractivity contribution >= 4 is 0 Å². The molecule has 0 aliphatic rings. The van der Waals surface area contributed by atoms with Crippen LogP contribution in [-0.2, 0) is 0 Å². The van der Waals surface area contributed by atoms with Crippen LogP contribution in [0.3, 0.4) is 0 Å². The number of halogens is 1. The van der Waals surface area contributed by atoms with Gasteiger partial charge < -0.3 is 4.74 Å². The fourth-order valence-corrected chi connectivity index (χ4v) is 1.23. The van der Waals surface area contributed by atoms with Gasteiger partial charge in [0.2, 0.25) is 0 Å². The van der Waals surface area contributed by atoms with Gasteiger partial charge in [0, 0.05) is 12.5 Å². The highest BCUT2D eigenvalue weighted by atomic mass is 19.1. The molecule has 0 aliphatic heterocycles. The topological polar surface area (TPSA) is 33.0 Å². The molecule has 0 heterocycles. The Bertz CT molecular complexity index is 333. The molecule has 1 aromatic carbocycles. The van der Waals surface area contributed by atoms with Crippen LogP contribution in [0.15, 0.2) is 24.3 Å². The molecule has 0 spiro atoms. The number of unbranched alkanes of at least 4 members (excludes halogenated alkanes) is 3. The van der Waals surface area contributed by atoms with E-state index in [4.69, 9.17) is 10.00 Å². The van der Waals surface area contributed by atoms with Crippen molar-refractivity contribution in [3.05, 3.63) is 30.1 Å². The number of nitrogens with zero attached hydrogens (tertiary/aromatic N) is 1. The van der Waals surface area contributed by atoms with Crippen LogP contribution < -0.4 is 4.74 Å². The maximum absolute atomic E-state index is 12.7. The maximum atomic E-state index is 12.7. The summed E-state index contributed by atoms with van der Waals surface area (Å²) in [7, 11) is 0. The zero-order chi connectivity index (χ0) is 10.9. The molecule has 3 heteroatoms. The normalized spacial score (nSPS) is 9.60. The van der Waals surface area contributed by atoms with Gasteiger partial charge in [0.05, 0.1) is 12.7 Å². The molecule has 80 valence electrons. The third-order valence-corrected chi connectivity index (χ3v) is 2.00. The van der Waals surface area contributed by atoms with Crippen LogP contribution >= 0.6 is 0 Å². The molecular formula is C12H14FNO. The average molecular weight is 207 g/mol. The molecule has 0 N–H and O–H groups in total. The van der Waals surface area contributed by atoms with Gasteiger partial charge in [0.15, 0.2) is 0 Å². The number of hydrogen-bond acceptors (Lipinski definition) is 2. The quantitative estimate of drug-likeness (QED) is 0.670. The first-order valence-electron chi connectivity index (χ1n) is 5.08. The first-order valence-corrected chi connectivity index (χ1v) is 5.08. The second-order valence-electron chi connectivity index (χ2n) is 3.27. The third kappa shape index (κ3) is 5.02. The predicted molar refractivity (Wildman–Crippen MR) is 56.0 cm³/mol. The highest BCUT2D eigenvalue weighted by Crippen LogP contribution is 2.12. The van der Waals surface area contributed by atoms with Gasteiger partial charge in [0.25, 0.3) is 0 Å². The first kappa shape index (κ1) is 11.5. The molecule has 0 saturated carbocycles. The van der Waals surface area contributed by atoms with Gasteiger partial charge in [-0.15, -0.1) is 0 Å². The Labute approximate surface area is 89.3 Å². The summed E-state index contributed by atoms with van der Waals surface area (Å²) in [4.78, 5) is 0. The van der Waals surface area contributed by atoms with E-state index in [1.54, 1.807) is 12.1 Å². The van der Waals surface area contributed by atoms with Gasteiger partial charge in [-0.05, 0) is 31.4 Å². The molecule has 15 heavy (non-hydrogen) atoms. The molecule has 0 unspecified atom stereocenters. The van der Waals surface area contributed by atoms with E-state index in [2.05, 4.69) is 6.07 Å². The summed E-state index contributed by atoms with van der Waals surface area (Å²) in [6.45, 7) is 0.578. The SMILES string of the molecule is N#CCCCCCOc1cccc(F)c1. The van der Waals surface area contributed by atoms with E-state index < -0.39 is 0 Å². The molecular weight excluding hydrogens is 193 g/mol. The zero-order valence-corrected chi connectivity index (χ0v) is 8.58. The Morgan fingerprint density at radius 3 is 2.87 bits per heavy atom. The molecule has 0 amide bonds. The Morgan fingerprint density at radius 2 is 2.13 bits per heavy atom. The maximum Gasteiger partial charge on any atom is 0.126 e. The van der Waals surface area contributed by atoms with E-state index >= 15 is 0 Å². The molecule has 1 rings (SSSR count). The van der Waals surface area contributed by atoms with Crippen molar-refractivity contribution in [2.45, 2.75) is 25.7 Å². The summed E-state index contributed by atoms with van der Waals surface area (Å²) in [6.07, 6.45) is 3.38. The van der Waals surface area contributed by atoms with E-state index in [1.807, 2.05) is 0 Å². The van der Waals surface area contributed by atoms with Crippen LogP contribution in [0.4, 0.5) is 4.39 Å². The first-order chi connectivity index (χ1) is 7.33. The van der Waals surface area contributed by atoms with E-state index in [0.29, 0.717) is 18.8 Å². The van der Waals surface area contributed by atoms with Crippen molar-refractivity contribution in [1.29, 1.82) is 5.26 Å². The molecule has 0 fully saturated rings. The van der Waals surface area contributed by atoms with Gasteiger partial charge in [-0.25, -0.2) is 4.39 Å². The summed E-state index contributed by atoms with van der Waals surface area (Å²) >= 11 is 0. The average Bonchev–Trinajstić information content (AvgIpc) is 2.23. The Hall–Kier alpha value is -1.56. The summed E-state index contributed by atoms with van der Waals surface area (Å²) < 4.78 is 18.1. The number of hydrogen-bond donors (Lipinski definition) is 0. The highest BCUT2D eigenvalue weighted by molar-refractivity contribution is 5.22. The largest absolute Gasteiger partial charge is 0.493 e. The summed E-state index contributed by atoms with van der Waals surface area (Å²) in [6, 6.07) is 8.21. The molecule has 0 saturated heterocycles. The Kier molecular flexibility index (Phi) is 5.24. The fourth-order valence-electron chi connectivity index (χ4n) is 1.23. The third-order valence-electron chi connectivity index (χ3n) is 2.00.